The number of fused-ring (bicyclic) bond motifs is 2. The fourth-order valence-corrected chi connectivity index (χ4v) is 5.76. The number of urea groups is 1. The number of oxazole rings is 1. The van der Waals surface area contributed by atoms with Gasteiger partial charge in [0.25, 0.3) is 10.0 Å². The molecule has 14 heteroatoms. The predicted octanol–water partition coefficient (Wildman–Crippen LogP) is 5.09. The maximum absolute atomic E-state index is 15.4. The first kappa shape index (κ1) is 27.0. The number of carbonyl (C=O) groups excluding carboxylic acids is 1. The smallest absolute Gasteiger partial charge is 0.394 e. The molecule has 2 N–H and O–H groups in total. The number of nitrogens with zero attached hydrogens (tertiary/aromatic N) is 3. The Morgan fingerprint density at radius 1 is 1.21 bits per heavy atom. The lowest BCUT2D eigenvalue weighted by Crippen LogP contribution is -2.40. The Kier molecular flexibility index (Phi) is 7.52. The van der Waals surface area contributed by atoms with E-state index < -0.39 is 28.4 Å². The zero-order chi connectivity index (χ0) is 27.7. The Labute approximate surface area is 232 Å². The van der Waals surface area contributed by atoms with Gasteiger partial charge in [0, 0.05) is 21.7 Å². The normalized spacial score (nSPS) is 14.7. The number of rotatable bonds is 7. The third kappa shape index (κ3) is 5.72. The monoisotopic (exact) mass is 593 g/mol. The van der Waals surface area contributed by atoms with Crippen LogP contribution in [0.4, 0.5) is 9.18 Å². The second-order valence-electron chi connectivity index (χ2n) is 8.75. The minimum atomic E-state index is -4.27. The van der Waals surface area contributed by atoms with Gasteiger partial charge in [0.05, 0.1) is 37.0 Å². The van der Waals surface area contributed by atoms with E-state index in [-0.39, 0.29) is 16.6 Å². The Bertz CT molecular complexity index is 1720. The van der Waals surface area contributed by atoms with Gasteiger partial charge in [-0.3, -0.25) is 4.68 Å². The number of methoxy groups -OCH3 is 1. The lowest BCUT2D eigenvalue weighted by Gasteiger charge is -2.19. The fraction of sp³-hybridized carbons (Fsp3) is 0.240. The molecule has 2 amide bonds. The molecule has 1 aliphatic rings. The lowest BCUT2D eigenvalue weighted by molar-refractivity contribution is 0.246. The van der Waals surface area contributed by atoms with Crippen molar-refractivity contribution in [3.05, 3.63) is 75.3 Å². The molecule has 0 bridgehead atoms. The van der Waals surface area contributed by atoms with Crippen LogP contribution in [0.15, 0.2) is 57.7 Å². The summed E-state index contributed by atoms with van der Waals surface area (Å²) in [6, 6.07) is 7.93. The first-order valence-corrected chi connectivity index (χ1v) is 14.0. The summed E-state index contributed by atoms with van der Waals surface area (Å²) in [6.07, 6.45) is 3.53. The Hall–Kier alpha value is -3.61. The van der Waals surface area contributed by atoms with Gasteiger partial charge in [-0.15, -0.1) is 0 Å². The summed E-state index contributed by atoms with van der Waals surface area (Å²) in [5.41, 5.74) is 3.20. The van der Waals surface area contributed by atoms with Gasteiger partial charge in [-0.25, -0.2) is 22.3 Å². The fourth-order valence-electron chi connectivity index (χ4n) is 4.35. The van der Waals surface area contributed by atoms with E-state index >= 15 is 4.39 Å². The van der Waals surface area contributed by atoms with Crippen molar-refractivity contribution in [3.8, 4) is 6.08 Å². The highest BCUT2D eigenvalue weighted by Crippen LogP contribution is 2.34. The molecule has 4 aromatic rings. The number of aryl methyl sites for hydroxylation is 1. The zero-order valence-electron chi connectivity index (χ0n) is 20.5. The maximum atomic E-state index is 15.4. The van der Waals surface area contributed by atoms with Crippen molar-refractivity contribution < 1.29 is 26.8 Å². The molecular formula is C25H22Cl2FN5O5S. The van der Waals surface area contributed by atoms with E-state index in [9.17, 15) is 13.2 Å². The van der Waals surface area contributed by atoms with Crippen LogP contribution in [0.3, 0.4) is 0 Å². The van der Waals surface area contributed by atoms with Crippen LogP contribution in [0, 0.1) is 0 Å². The van der Waals surface area contributed by atoms with Crippen molar-refractivity contribution in [2.75, 3.05) is 13.7 Å². The SMILES string of the molecule is COc1nc2ccc(S(=O)(=O)NC(=O)NC/C(F)=C3\CCCc4cnn(Cc5ccc(Cl)cc5Cl)c43)cc2o1. The number of allylic oxidation sites excluding steroid dienone is 1. The molecule has 0 saturated carbocycles. The molecule has 0 atom stereocenters. The van der Waals surface area contributed by atoms with Gasteiger partial charge in [-0.2, -0.15) is 10.1 Å². The van der Waals surface area contributed by atoms with Crippen LogP contribution in [0.5, 0.6) is 6.08 Å². The van der Waals surface area contributed by atoms with Crippen molar-refractivity contribution in [1.82, 2.24) is 24.8 Å². The molecule has 0 aliphatic heterocycles. The van der Waals surface area contributed by atoms with Crippen molar-refractivity contribution in [2.24, 2.45) is 0 Å². The summed E-state index contributed by atoms with van der Waals surface area (Å²) in [4.78, 5) is 16.2. The van der Waals surface area contributed by atoms with Crippen LogP contribution >= 0.6 is 23.2 Å². The van der Waals surface area contributed by atoms with E-state index in [2.05, 4.69) is 15.4 Å². The average molecular weight is 594 g/mol. The summed E-state index contributed by atoms with van der Waals surface area (Å²) in [5.74, 6) is -0.595. The van der Waals surface area contributed by atoms with Crippen molar-refractivity contribution in [3.63, 3.8) is 0 Å². The lowest BCUT2D eigenvalue weighted by atomic mass is 9.92. The number of nitrogens with one attached hydrogen (secondary N) is 2. The molecule has 0 saturated heterocycles. The van der Waals surface area contributed by atoms with Gasteiger partial charge in [0.15, 0.2) is 5.58 Å². The molecular weight excluding hydrogens is 572 g/mol. The molecule has 0 fully saturated rings. The highest BCUT2D eigenvalue weighted by atomic mass is 35.5. The molecule has 39 heavy (non-hydrogen) atoms. The number of hydrogen-bond donors (Lipinski definition) is 2. The summed E-state index contributed by atoms with van der Waals surface area (Å²) in [6.45, 7) is -0.211. The molecule has 5 rings (SSSR count). The van der Waals surface area contributed by atoms with Crippen LogP contribution in [-0.2, 0) is 23.0 Å². The van der Waals surface area contributed by atoms with Crippen molar-refractivity contribution >= 4 is 55.9 Å². The second-order valence-corrected chi connectivity index (χ2v) is 11.3. The summed E-state index contributed by atoms with van der Waals surface area (Å²) >= 11 is 12.3. The summed E-state index contributed by atoms with van der Waals surface area (Å²) in [5, 5.41) is 7.67. The number of halogens is 3. The van der Waals surface area contributed by atoms with Crippen LogP contribution in [0.25, 0.3) is 16.7 Å². The van der Waals surface area contributed by atoms with Gasteiger partial charge >= 0.3 is 12.1 Å². The molecule has 2 aromatic carbocycles. The van der Waals surface area contributed by atoms with Crippen LogP contribution < -0.4 is 14.8 Å². The largest absolute Gasteiger partial charge is 0.453 e. The maximum Gasteiger partial charge on any atom is 0.394 e. The Morgan fingerprint density at radius 2 is 2.03 bits per heavy atom. The average Bonchev–Trinajstić information content (AvgIpc) is 3.52. The predicted molar refractivity (Wildman–Crippen MR) is 143 cm³/mol. The zero-order valence-corrected chi connectivity index (χ0v) is 22.8. The molecule has 204 valence electrons. The molecule has 2 aromatic heterocycles. The summed E-state index contributed by atoms with van der Waals surface area (Å²) in [7, 11) is -2.91. The van der Waals surface area contributed by atoms with E-state index in [0.717, 1.165) is 17.5 Å². The Morgan fingerprint density at radius 3 is 2.79 bits per heavy atom. The van der Waals surface area contributed by atoms with Gasteiger partial charge < -0.3 is 14.5 Å². The third-order valence-corrected chi connectivity index (χ3v) is 8.11. The number of hydrogen-bond acceptors (Lipinski definition) is 7. The van der Waals surface area contributed by atoms with Gasteiger partial charge in [-0.05, 0) is 54.7 Å². The molecule has 0 unspecified atom stereocenters. The molecule has 0 radical (unpaired) electrons. The topological polar surface area (TPSA) is 128 Å². The number of carbonyl (C=O) groups is 1. The van der Waals surface area contributed by atoms with Crippen LogP contribution in [0.2, 0.25) is 10.0 Å². The highest BCUT2D eigenvalue weighted by Gasteiger charge is 2.25. The van der Waals surface area contributed by atoms with Gasteiger partial charge in [0.2, 0.25) is 0 Å². The first-order valence-electron chi connectivity index (χ1n) is 11.8. The highest BCUT2D eigenvalue weighted by molar-refractivity contribution is 7.90. The van der Waals surface area contributed by atoms with Crippen LogP contribution in [-0.4, -0.2) is 42.9 Å². The van der Waals surface area contributed by atoms with Gasteiger partial charge in [-0.1, -0.05) is 29.3 Å². The number of ether oxygens (including phenoxy) is 1. The molecule has 1 aliphatic carbocycles. The third-order valence-electron chi connectivity index (χ3n) is 6.19. The van der Waals surface area contributed by atoms with E-state index in [1.54, 1.807) is 29.1 Å². The molecule has 10 nitrogen and oxygen atoms in total. The molecule has 2 heterocycles. The van der Waals surface area contributed by atoms with Gasteiger partial charge in [0.1, 0.15) is 11.3 Å². The first-order chi connectivity index (χ1) is 18.6. The van der Waals surface area contributed by atoms with Crippen LogP contribution in [0.1, 0.15) is 29.7 Å². The number of sulfonamides is 1. The quantitative estimate of drug-likeness (QED) is 0.305. The second kappa shape index (κ2) is 10.9. The summed E-state index contributed by atoms with van der Waals surface area (Å²) < 4.78 is 54.5. The van der Waals surface area contributed by atoms with E-state index in [4.69, 9.17) is 32.4 Å². The standard InChI is InChI=1S/C25H22Cl2FN5O5S/c1-37-25-31-21-8-7-17(10-22(21)38-25)39(35,36)32-24(34)29-12-20(28)18-4-2-3-14-11-30-33(23(14)18)13-15-5-6-16(26)9-19(15)27/h5-11H,2-4,12-13H2,1H3,(H2,29,32,34)/b20-18-. The molecule has 0 spiro atoms. The van der Waals surface area contributed by atoms with E-state index in [1.807, 2.05) is 4.72 Å². The van der Waals surface area contributed by atoms with Crippen molar-refractivity contribution in [1.29, 1.82) is 0 Å². The van der Waals surface area contributed by atoms with Crippen molar-refractivity contribution in [2.45, 2.75) is 30.7 Å². The Balaban J connectivity index is 1.30. The number of amides is 2. The van der Waals surface area contributed by atoms with E-state index in [0.29, 0.717) is 46.2 Å². The van der Waals surface area contributed by atoms with E-state index in [1.165, 1.54) is 25.3 Å². The number of aromatic nitrogens is 3. The number of benzene rings is 2. The minimum Gasteiger partial charge on any atom is -0.453 e. The minimum absolute atomic E-state index is 0.0303.